The summed E-state index contributed by atoms with van der Waals surface area (Å²) in [7, 11) is -2.22. The van der Waals surface area contributed by atoms with Crippen molar-refractivity contribution in [3.63, 3.8) is 0 Å². The standard InChI is InChI=1S/C19H23ClN2O3S/c1-5-14(3)21-19(23)15-6-11-18(13(2)12-15)22(4)26(24,25)17-9-7-16(20)8-10-17/h6-12,14H,5H2,1-4H3,(H,21,23). The third-order valence-corrected chi connectivity index (χ3v) is 6.30. The Hall–Kier alpha value is -2.05. The summed E-state index contributed by atoms with van der Waals surface area (Å²) >= 11 is 5.83. The Kier molecular flexibility index (Phi) is 6.31. The highest BCUT2D eigenvalue weighted by atomic mass is 35.5. The van der Waals surface area contributed by atoms with Crippen LogP contribution in [0.5, 0.6) is 0 Å². The maximum atomic E-state index is 12.8. The number of rotatable bonds is 6. The summed E-state index contributed by atoms with van der Waals surface area (Å²) in [6.45, 7) is 5.71. The lowest BCUT2D eigenvalue weighted by atomic mass is 10.1. The summed E-state index contributed by atoms with van der Waals surface area (Å²) in [6, 6.07) is 11.1. The zero-order valence-corrected chi connectivity index (χ0v) is 16.9. The van der Waals surface area contributed by atoms with Crippen molar-refractivity contribution in [2.45, 2.75) is 38.1 Å². The minimum atomic E-state index is -3.71. The predicted octanol–water partition coefficient (Wildman–Crippen LogP) is 4.00. The summed E-state index contributed by atoms with van der Waals surface area (Å²) in [6.07, 6.45) is 0.838. The number of nitrogens with zero attached hydrogens (tertiary/aromatic N) is 1. The van der Waals surface area contributed by atoms with Crippen LogP contribution < -0.4 is 9.62 Å². The molecule has 0 spiro atoms. The Bertz CT molecular complexity index is 896. The van der Waals surface area contributed by atoms with Crippen LogP contribution in [0.4, 0.5) is 5.69 Å². The van der Waals surface area contributed by atoms with Gasteiger partial charge in [-0.3, -0.25) is 9.10 Å². The van der Waals surface area contributed by atoms with E-state index in [0.29, 0.717) is 21.8 Å². The van der Waals surface area contributed by atoms with Gasteiger partial charge in [0.15, 0.2) is 0 Å². The molecule has 0 aliphatic carbocycles. The van der Waals surface area contributed by atoms with Crippen LogP contribution in [0.1, 0.15) is 36.2 Å². The Balaban J connectivity index is 2.31. The molecule has 1 amide bonds. The van der Waals surface area contributed by atoms with Gasteiger partial charge in [0.25, 0.3) is 15.9 Å². The van der Waals surface area contributed by atoms with E-state index in [9.17, 15) is 13.2 Å². The molecule has 0 aliphatic rings. The van der Waals surface area contributed by atoms with Gasteiger partial charge in [-0.1, -0.05) is 18.5 Å². The van der Waals surface area contributed by atoms with Gasteiger partial charge in [-0.25, -0.2) is 8.42 Å². The average molecular weight is 395 g/mol. The van der Waals surface area contributed by atoms with Crippen LogP contribution in [-0.2, 0) is 10.0 Å². The van der Waals surface area contributed by atoms with Gasteiger partial charge < -0.3 is 5.32 Å². The van der Waals surface area contributed by atoms with Crippen LogP contribution in [0.25, 0.3) is 0 Å². The molecule has 0 saturated carbocycles. The van der Waals surface area contributed by atoms with E-state index in [0.717, 1.165) is 6.42 Å². The van der Waals surface area contributed by atoms with Crippen molar-refractivity contribution in [2.24, 2.45) is 0 Å². The summed E-state index contributed by atoms with van der Waals surface area (Å²) in [5, 5.41) is 3.37. The number of hydrogen-bond donors (Lipinski definition) is 1. The molecule has 2 rings (SSSR count). The van der Waals surface area contributed by atoms with Gasteiger partial charge in [-0.05, 0) is 68.3 Å². The number of anilines is 1. The second kappa shape index (κ2) is 8.10. The monoisotopic (exact) mass is 394 g/mol. The molecule has 0 bridgehead atoms. The zero-order valence-electron chi connectivity index (χ0n) is 15.3. The lowest BCUT2D eigenvalue weighted by Crippen LogP contribution is -2.32. The van der Waals surface area contributed by atoms with Crippen LogP contribution in [-0.4, -0.2) is 27.4 Å². The zero-order chi connectivity index (χ0) is 19.5. The van der Waals surface area contributed by atoms with Crippen LogP contribution in [0.3, 0.4) is 0 Å². The minimum absolute atomic E-state index is 0.0791. The third kappa shape index (κ3) is 4.37. The molecule has 1 unspecified atom stereocenters. The highest BCUT2D eigenvalue weighted by Crippen LogP contribution is 2.26. The highest BCUT2D eigenvalue weighted by Gasteiger charge is 2.23. The third-order valence-electron chi connectivity index (χ3n) is 4.26. The fourth-order valence-electron chi connectivity index (χ4n) is 2.45. The summed E-state index contributed by atoms with van der Waals surface area (Å²) in [5.41, 5.74) is 1.71. The maximum Gasteiger partial charge on any atom is 0.264 e. The second-order valence-electron chi connectivity index (χ2n) is 6.21. The first-order valence-corrected chi connectivity index (χ1v) is 10.1. The molecule has 0 aromatic heterocycles. The van der Waals surface area contributed by atoms with Crippen molar-refractivity contribution < 1.29 is 13.2 Å². The number of carbonyl (C=O) groups excluding carboxylic acids is 1. The molecule has 2 aromatic carbocycles. The van der Waals surface area contributed by atoms with Crippen molar-refractivity contribution in [3.05, 3.63) is 58.6 Å². The number of sulfonamides is 1. The molecule has 0 saturated heterocycles. The fraction of sp³-hybridized carbons (Fsp3) is 0.316. The van der Waals surface area contributed by atoms with Crippen molar-refractivity contribution in [1.29, 1.82) is 0 Å². The molecular weight excluding hydrogens is 372 g/mol. The number of hydrogen-bond acceptors (Lipinski definition) is 3. The topological polar surface area (TPSA) is 66.5 Å². The Morgan fingerprint density at radius 2 is 1.81 bits per heavy atom. The molecule has 0 fully saturated rings. The Morgan fingerprint density at radius 3 is 2.35 bits per heavy atom. The molecule has 140 valence electrons. The van der Waals surface area contributed by atoms with E-state index in [2.05, 4.69) is 5.32 Å². The number of benzene rings is 2. The van der Waals surface area contributed by atoms with Crippen molar-refractivity contribution >= 4 is 33.2 Å². The number of nitrogens with one attached hydrogen (secondary N) is 1. The number of halogens is 1. The predicted molar refractivity (Wildman–Crippen MR) is 105 cm³/mol. The van der Waals surface area contributed by atoms with E-state index in [4.69, 9.17) is 11.6 Å². The van der Waals surface area contributed by atoms with Crippen LogP contribution in [0.2, 0.25) is 5.02 Å². The van der Waals surface area contributed by atoms with Gasteiger partial charge in [0.05, 0.1) is 10.6 Å². The number of aryl methyl sites for hydroxylation is 1. The highest BCUT2D eigenvalue weighted by molar-refractivity contribution is 7.92. The molecule has 0 radical (unpaired) electrons. The van der Waals surface area contributed by atoms with Gasteiger partial charge in [0.1, 0.15) is 0 Å². The molecule has 2 aromatic rings. The van der Waals surface area contributed by atoms with Gasteiger partial charge in [0.2, 0.25) is 0 Å². The lowest BCUT2D eigenvalue weighted by Gasteiger charge is -2.22. The molecule has 26 heavy (non-hydrogen) atoms. The first-order valence-electron chi connectivity index (χ1n) is 8.32. The first-order chi connectivity index (χ1) is 12.2. The quantitative estimate of drug-likeness (QED) is 0.805. The average Bonchev–Trinajstić information content (AvgIpc) is 2.61. The van der Waals surface area contributed by atoms with E-state index in [-0.39, 0.29) is 16.8 Å². The minimum Gasteiger partial charge on any atom is -0.350 e. The smallest absolute Gasteiger partial charge is 0.264 e. The molecule has 0 aliphatic heterocycles. The van der Waals surface area contributed by atoms with E-state index < -0.39 is 10.0 Å². The molecule has 0 heterocycles. The Morgan fingerprint density at radius 1 is 1.19 bits per heavy atom. The SMILES string of the molecule is CCC(C)NC(=O)c1ccc(N(C)S(=O)(=O)c2ccc(Cl)cc2)c(C)c1. The first kappa shape index (κ1) is 20.3. The van der Waals surface area contributed by atoms with E-state index in [1.165, 1.54) is 35.6 Å². The van der Waals surface area contributed by atoms with Crippen LogP contribution >= 0.6 is 11.6 Å². The van der Waals surface area contributed by atoms with Gasteiger partial charge >= 0.3 is 0 Å². The van der Waals surface area contributed by atoms with Crippen LogP contribution in [0.15, 0.2) is 47.4 Å². The van der Waals surface area contributed by atoms with Crippen molar-refractivity contribution in [2.75, 3.05) is 11.4 Å². The van der Waals surface area contributed by atoms with E-state index in [1.807, 2.05) is 13.8 Å². The van der Waals surface area contributed by atoms with E-state index in [1.54, 1.807) is 25.1 Å². The number of carbonyl (C=O) groups is 1. The van der Waals surface area contributed by atoms with Gasteiger partial charge in [-0.15, -0.1) is 0 Å². The summed E-state index contributed by atoms with van der Waals surface area (Å²) in [4.78, 5) is 12.4. The molecule has 1 N–H and O–H groups in total. The second-order valence-corrected chi connectivity index (χ2v) is 8.62. The largest absolute Gasteiger partial charge is 0.350 e. The van der Waals surface area contributed by atoms with Gasteiger partial charge in [0, 0.05) is 23.7 Å². The Labute approximate surface area is 160 Å². The van der Waals surface area contributed by atoms with Crippen molar-refractivity contribution in [1.82, 2.24) is 5.32 Å². The summed E-state index contributed by atoms with van der Waals surface area (Å²) < 4.78 is 26.8. The molecular formula is C19H23ClN2O3S. The fourth-order valence-corrected chi connectivity index (χ4v) is 3.84. The normalized spacial score (nSPS) is 12.5. The lowest BCUT2D eigenvalue weighted by molar-refractivity contribution is 0.0939. The molecule has 5 nitrogen and oxygen atoms in total. The van der Waals surface area contributed by atoms with Crippen molar-refractivity contribution in [3.8, 4) is 0 Å². The van der Waals surface area contributed by atoms with E-state index >= 15 is 0 Å². The van der Waals surface area contributed by atoms with Gasteiger partial charge in [-0.2, -0.15) is 0 Å². The van der Waals surface area contributed by atoms with Crippen LogP contribution in [0, 0.1) is 6.92 Å². The summed E-state index contributed by atoms with van der Waals surface area (Å²) in [5.74, 6) is -0.169. The maximum absolute atomic E-state index is 12.8. The molecule has 1 atom stereocenters. The molecule has 7 heteroatoms. The number of amides is 1.